The number of benzene rings is 1. The van der Waals surface area contributed by atoms with Gasteiger partial charge in [0.2, 0.25) is 0 Å². The van der Waals surface area contributed by atoms with Gasteiger partial charge in [-0.05, 0) is 25.0 Å². The third-order valence-corrected chi connectivity index (χ3v) is 2.10. The molecule has 0 amide bonds. The zero-order valence-corrected chi connectivity index (χ0v) is 6.51. The summed E-state index contributed by atoms with van der Waals surface area (Å²) in [6, 6.07) is 6.12. The highest BCUT2D eigenvalue weighted by atomic mass is 15.1. The van der Waals surface area contributed by atoms with Gasteiger partial charge >= 0.3 is 0 Å². The molecule has 0 aromatic heterocycles. The van der Waals surface area contributed by atoms with Crippen molar-refractivity contribution in [3.63, 3.8) is 0 Å². The molecule has 1 aromatic rings. The van der Waals surface area contributed by atoms with Gasteiger partial charge in [0.05, 0.1) is 2.74 Å². The van der Waals surface area contributed by atoms with Gasteiger partial charge in [-0.25, -0.2) is 0 Å². The molecule has 0 bridgehead atoms. The largest absolute Gasteiger partial charge is 0.372 e. The van der Waals surface area contributed by atoms with Crippen molar-refractivity contribution in [1.82, 2.24) is 0 Å². The average Bonchev–Trinajstić information content (AvgIpc) is 2.53. The molecule has 1 heterocycles. The Balaban J connectivity index is 2.28. The Labute approximate surface area is 70.5 Å². The summed E-state index contributed by atoms with van der Waals surface area (Å²) in [6.45, 7) is 2.14. The quantitative estimate of drug-likeness (QED) is 0.592. The molecule has 0 N–H and O–H groups in total. The molecule has 2 rings (SSSR count). The van der Waals surface area contributed by atoms with Crippen LogP contribution in [0, 0.1) is 0 Å². The second kappa shape index (κ2) is 2.95. The van der Waals surface area contributed by atoms with Crippen LogP contribution in [0.2, 0.25) is 0 Å². The van der Waals surface area contributed by atoms with Gasteiger partial charge in [-0.3, -0.25) is 0 Å². The number of para-hydroxylation sites is 1. The Morgan fingerprint density at radius 1 is 1.18 bits per heavy atom. The van der Waals surface area contributed by atoms with Gasteiger partial charge in [0.25, 0.3) is 0 Å². The Hall–Kier alpha value is -0.980. The molecule has 1 aliphatic rings. The first-order valence-electron chi connectivity index (χ1n) is 5.09. The van der Waals surface area contributed by atoms with Crippen molar-refractivity contribution < 1.29 is 2.74 Å². The third-order valence-electron chi connectivity index (χ3n) is 2.10. The fourth-order valence-electron chi connectivity index (χ4n) is 1.50. The van der Waals surface area contributed by atoms with Gasteiger partial charge in [0.1, 0.15) is 0 Å². The fourth-order valence-corrected chi connectivity index (χ4v) is 1.50. The lowest BCUT2D eigenvalue weighted by Gasteiger charge is -2.16. The van der Waals surface area contributed by atoms with E-state index >= 15 is 0 Å². The highest BCUT2D eigenvalue weighted by Gasteiger charge is 2.10. The summed E-state index contributed by atoms with van der Waals surface area (Å²) in [6.07, 6.45) is 2.46. The van der Waals surface area contributed by atoms with Crippen molar-refractivity contribution >= 4 is 5.69 Å². The summed E-state index contributed by atoms with van der Waals surface area (Å²) in [4.78, 5) is 2.25. The van der Waals surface area contributed by atoms with E-state index in [4.69, 9.17) is 2.74 Å². The van der Waals surface area contributed by atoms with Crippen LogP contribution in [-0.2, 0) is 0 Å². The zero-order chi connectivity index (χ0) is 9.26. The Morgan fingerprint density at radius 2 is 1.82 bits per heavy atom. The Morgan fingerprint density at radius 3 is 2.45 bits per heavy atom. The maximum atomic E-state index is 7.49. The van der Waals surface area contributed by atoms with Crippen molar-refractivity contribution in [2.45, 2.75) is 12.8 Å². The second-order valence-corrected chi connectivity index (χ2v) is 2.89. The lowest BCUT2D eigenvalue weighted by atomic mass is 10.3. The fraction of sp³-hybridized carbons (Fsp3) is 0.400. The number of hydrogen-bond acceptors (Lipinski definition) is 1. The van der Waals surface area contributed by atoms with Crippen LogP contribution in [0.15, 0.2) is 30.3 Å². The molecule has 1 nitrogen and oxygen atoms in total. The maximum absolute atomic E-state index is 7.49. The third kappa shape index (κ3) is 1.37. The minimum absolute atomic E-state index is 0.439. The first-order valence-corrected chi connectivity index (χ1v) is 4.09. The monoisotopic (exact) mass is 149 g/mol. The van der Waals surface area contributed by atoms with Crippen LogP contribution < -0.4 is 4.90 Å². The van der Waals surface area contributed by atoms with Crippen LogP contribution in [0.3, 0.4) is 0 Å². The predicted molar refractivity (Wildman–Crippen MR) is 47.9 cm³/mol. The van der Waals surface area contributed by atoms with E-state index in [0.29, 0.717) is 12.1 Å². The molecule has 1 saturated heterocycles. The summed E-state index contributed by atoms with van der Waals surface area (Å²) in [5, 5.41) is 0. The van der Waals surface area contributed by atoms with E-state index in [0.717, 1.165) is 18.8 Å². The SMILES string of the molecule is [2H]c1cc([2H])cc(N2CCCC2)c1. The van der Waals surface area contributed by atoms with Gasteiger partial charge in [-0.2, -0.15) is 0 Å². The predicted octanol–water partition coefficient (Wildman–Crippen LogP) is 2.29. The van der Waals surface area contributed by atoms with E-state index in [1.165, 1.54) is 12.8 Å². The minimum Gasteiger partial charge on any atom is -0.372 e. The molecule has 0 saturated carbocycles. The summed E-state index contributed by atoms with van der Waals surface area (Å²) in [5.41, 5.74) is 1.04. The molecule has 1 aromatic carbocycles. The smallest absolute Gasteiger partial charge is 0.0623 e. The normalized spacial score (nSPS) is 19.8. The molecule has 0 unspecified atom stereocenters. The van der Waals surface area contributed by atoms with Crippen LogP contribution in [0.25, 0.3) is 0 Å². The zero-order valence-electron chi connectivity index (χ0n) is 8.51. The molecule has 58 valence electrons. The molecule has 11 heavy (non-hydrogen) atoms. The Bertz CT molecular complexity index is 286. The van der Waals surface area contributed by atoms with Gasteiger partial charge in [0.15, 0.2) is 0 Å². The van der Waals surface area contributed by atoms with E-state index in [-0.39, 0.29) is 0 Å². The van der Waals surface area contributed by atoms with Gasteiger partial charge in [-0.1, -0.05) is 18.2 Å². The summed E-state index contributed by atoms with van der Waals surface area (Å²) < 4.78 is 15.0. The van der Waals surface area contributed by atoms with Gasteiger partial charge in [0, 0.05) is 18.8 Å². The molecule has 1 heteroatoms. The number of hydrogen-bond donors (Lipinski definition) is 0. The minimum atomic E-state index is 0.439. The summed E-state index contributed by atoms with van der Waals surface area (Å²) in [7, 11) is 0. The molecule has 0 atom stereocenters. The van der Waals surface area contributed by atoms with Crippen LogP contribution >= 0.6 is 0 Å². The number of rotatable bonds is 1. The lowest BCUT2D eigenvalue weighted by Crippen LogP contribution is -2.16. The lowest BCUT2D eigenvalue weighted by molar-refractivity contribution is 0.949. The van der Waals surface area contributed by atoms with Crippen molar-refractivity contribution in [2.75, 3.05) is 18.0 Å². The molecule has 1 fully saturated rings. The first-order chi connectivity index (χ1) is 6.25. The highest BCUT2D eigenvalue weighted by molar-refractivity contribution is 5.46. The van der Waals surface area contributed by atoms with Crippen molar-refractivity contribution in [3.8, 4) is 0 Å². The molecule has 0 radical (unpaired) electrons. The van der Waals surface area contributed by atoms with E-state index in [2.05, 4.69) is 4.90 Å². The second-order valence-electron chi connectivity index (χ2n) is 2.89. The first kappa shape index (κ1) is 4.81. The number of anilines is 1. The van der Waals surface area contributed by atoms with E-state index in [1.807, 2.05) is 12.1 Å². The van der Waals surface area contributed by atoms with Crippen molar-refractivity contribution in [3.05, 3.63) is 30.3 Å². The maximum Gasteiger partial charge on any atom is 0.0623 e. The van der Waals surface area contributed by atoms with Crippen LogP contribution in [0.1, 0.15) is 15.6 Å². The summed E-state index contributed by atoms with van der Waals surface area (Å²) in [5.74, 6) is 0. The van der Waals surface area contributed by atoms with Crippen LogP contribution in [0.5, 0.6) is 0 Å². The Kier molecular flexibility index (Phi) is 1.29. The molecule has 1 aliphatic heterocycles. The molecule has 0 aliphatic carbocycles. The molecule has 0 spiro atoms. The van der Waals surface area contributed by atoms with E-state index in [9.17, 15) is 0 Å². The summed E-state index contributed by atoms with van der Waals surface area (Å²) >= 11 is 0. The van der Waals surface area contributed by atoms with Crippen LogP contribution in [0.4, 0.5) is 5.69 Å². The average molecular weight is 149 g/mol. The number of nitrogens with zero attached hydrogens (tertiary/aromatic N) is 1. The van der Waals surface area contributed by atoms with E-state index in [1.54, 1.807) is 6.07 Å². The molecular formula is C10H13N. The molecular weight excluding hydrogens is 134 g/mol. The van der Waals surface area contributed by atoms with E-state index < -0.39 is 0 Å². The van der Waals surface area contributed by atoms with Crippen molar-refractivity contribution in [1.29, 1.82) is 0 Å². The van der Waals surface area contributed by atoms with Crippen molar-refractivity contribution in [2.24, 2.45) is 0 Å². The van der Waals surface area contributed by atoms with Gasteiger partial charge < -0.3 is 4.90 Å². The highest BCUT2D eigenvalue weighted by Crippen LogP contribution is 2.18. The standard InChI is InChI=1S/C10H13N/c1-2-6-10(7-3-1)11-8-4-5-9-11/h1-3,6-7H,4-5,8-9H2/i2D,3D. The topological polar surface area (TPSA) is 3.24 Å². The van der Waals surface area contributed by atoms with Crippen LogP contribution in [-0.4, -0.2) is 13.1 Å². The van der Waals surface area contributed by atoms with Gasteiger partial charge in [-0.15, -0.1) is 0 Å².